The zero-order valence-corrected chi connectivity index (χ0v) is 11.9. The van der Waals surface area contributed by atoms with Gasteiger partial charge < -0.3 is 14.9 Å². The van der Waals surface area contributed by atoms with Gasteiger partial charge in [-0.15, -0.1) is 0 Å². The Morgan fingerprint density at radius 2 is 2.10 bits per heavy atom. The maximum absolute atomic E-state index is 10.9. The van der Waals surface area contributed by atoms with E-state index in [9.17, 15) is 10.1 Å². The van der Waals surface area contributed by atoms with Gasteiger partial charge in [-0.25, -0.2) is 0 Å². The summed E-state index contributed by atoms with van der Waals surface area (Å²) in [6.07, 6.45) is 0.868. The van der Waals surface area contributed by atoms with Crippen LogP contribution in [0.4, 0.5) is 5.82 Å². The van der Waals surface area contributed by atoms with Crippen LogP contribution >= 0.6 is 23.2 Å². The van der Waals surface area contributed by atoms with Crippen LogP contribution in [0.15, 0.2) is 36.5 Å². The van der Waals surface area contributed by atoms with Gasteiger partial charge in [-0.2, -0.15) is 0 Å². The number of halogens is 2. The first kappa shape index (κ1) is 14.6. The molecule has 1 atom stereocenters. The number of pyridine rings is 1. The molecule has 2 aromatic rings. The molecule has 7 heteroatoms. The highest BCUT2D eigenvalue weighted by atomic mass is 35.5. The van der Waals surface area contributed by atoms with Crippen molar-refractivity contribution >= 4 is 29.0 Å². The van der Waals surface area contributed by atoms with E-state index in [-0.39, 0.29) is 11.6 Å². The standard InChI is InChI=1S/C13H10Cl2N2O3/c1-8(10-5-4-9(14)7-11(10)15)20-12-3-2-6-16-13(12)17(18)19/h2-8H,1H3. The number of nitrogens with zero attached hydrogens (tertiary/aromatic N) is 2. The summed E-state index contributed by atoms with van der Waals surface area (Å²) in [5.74, 6) is -0.236. The summed E-state index contributed by atoms with van der Waals surface area (Å²) in [5, 5.41) is 11.8. The fraction of sp³-hybridized carbons (Fsp3) is 0.154. The molecule has 2 rings (SSSR count). The Labute approximate surface area is 125 Å². The third-order valence-electron chi connectivity index (χ3n) is 2.63. The van der Waals surface area contributed by atoms with Crippen molar-refractivity contribution < 1.29 is 9.66 Å². The molecule has 0 bridgehead atoms. The Hall–Kier alpha value is -1.85. The Bertz CT molecular complexity index is 649. The van der Waals surface area contributed by atoms with Crippen molar-refractivity contribution in [3.63, 3.8) is 0 Å². The molecule has 20 heavy (non-hydrogen) atoms. The molecule has 0 N–H and O–H groups in total. The molecule has 1 aromatic carbocycles. The lowest BCUT2D eigenvalue weighted by molar-refractivity contribution is -0.390. The lowest BCUT2D eigenvalue weighted by Crippen LogP contribution is -2.06. The lowest BCUT2D eigenvalue weighted by Gasteiger charge is -2.16. The first-order valence-corrected chi connectivity index (χ1v) is 6.45. The molecular weight excluding hydrogens is 303 g/mol. The zero-order chi connectivity index (χ0) is 14.7. The van der Waals surface area contributed by atoms with Gasteiger partial charge in [-0.3, -0.25) is 0 Å². The Balaban J connectivity index is 2.28. The van der Waals surface area contributed by atoms with Crippen LogP contribution in [-0.2, 0) is 0 Å². The number of hydrogen-bond acceptors (Lipinski definition) is 4. The minimum atomic E-state index is -0.592. The molecular formula is C13H10Cl2N2O3. The lowest BCUT2D eigenvalue weighted by atomic mass is 10.1. The fourth-order valence-electron chi connectivity index (χ4n) is 1.70. The molecule has 0 aliphatic heterocycles. The van der Waals surface area contributed by atoms with E-state index >= 15 is 0 Å². The van der Waals surface area contributed by atoms with Gasteiger partial charge in [-0.05, 0) is 41.1 Å². The Morgan fingerprint density at radius 1 is 1.35 bits per heavy atom. The third-order valence-corrected chi connectivity index (χ3v) is 3.19. The van der Waals surface area contributed by atoms with Crippen LogP contribution < -0.4 is 4.74 Å². The number of benzene rings is 1. The molecule has 1 heterocycles. The highest BCUT2D eigenvalue weighted by molar-refractivity contribution is 6.35. The number of rotatable bonds is 4. The van der Waals surface area contributed by atoms with Crippen LogP contribution in [0.1, 0.15) is 18.6 Å². The van der Waals surface area contributed by atoms with Gasteiger partial charge in [-0.1, -0.05) is 29.3 Å². The van der Waals surface area contributed by atoms with Gasteiger partial charge in [0.2, 0.25) is 5.75 Å². The van der Waals surface area contributed by atoms with E-state index in [4.69, 9.17) is 27.9 Å². The van der Waals surface area contributed by atoms with E-state index in [0.29, 0.717) is 15.6 Å². The molecule has 0 aliphatic rings. The van der Waals surface area contributed by atoms with Crippen molar-refractivity contribution in [1.82, 2.24) is 4.98 Å². The SMILES string of the molecule is CC(Oc1cccnc1[N+](=O)[O-])c1ccc(Cl)cc1Cl. The van der Waals surface area contributed by atoms with Crippen LogP contribution in [-0.4, -0.2) is 9.91 Å². The first-order chi connectivity index (χ1) is 9.49. The predicted molar refractivity (Wildman–Crippen MR) is 76.4 cm³/mol. The summed E-state index contributed by atoms with van der Waals surface area (Å²) in [4.78, 5) is 14.0. The average molecular weight is 313 g/mol. The smallest absolute Gasteiger partial charge is 0.406 e. The van der Waals surface area contributed by atoms with Crippen LogP contribution in [0.2, 0.25) is 10.0 Å². The minimum Gasteiger partial charge on any atom is -0.478 e. The highest BCUT2D eigenvalue weighted by Crippen LogP contribution is 2.32. The molecule has 1 aromatic heterocycles. The summed E-state index contributed by atoms with van der Waals surface area (Å²) < 4.78 is 5.58. The van der Waals surface area contributed by atoms with E-state index < -0.39 is 11.0 Å². The minimum absolute atomic E-state index is 0.0935. The van der Waals surface area contributed by atoms with Crippen molar-refractivity contribution in [3.05, 3.63) is 62.3 Å². The highest BCUT2D eigenvalue weighted by Gasteiger charge is 2.19. The summed E-state index contributed by atoms with van der Waals surface area (Å²) in [7, 11) is 0. The first-order valence-electron chi connectivity index (χ1n) is 5.70. The number of ether oxygens (including phenoxy) is 1. The molecule has 0 fully saturated rings. The predicted octanol–water partition coefficient (Wildman–Crippen LogP) is 4.44. The van der Waals surface area contributed by atoms with Gasteiger partial charge >= 0.3 is 5.82 Å². The summed E-state index contributed by atoms with van der Waals surface area (Å²) in [6.45, 7) is 1.74. The van der Waals surface area contributed by atoms with Gasteiger partial charge in [0, 0.05) is 15.6 Å². The molecule has 0 spiro atoms. The van der Waals surface area contributed by atoms with E-state index in [1.54, 1.807) is 31.2 Å². The summed E-state index contributed by atoms with van der Waals surface area (Å²) in [5.41, 5.74) is 0.689. The van der Waals surface area contributed by atoms with Crippen LogP contribution in [0.25, 0.3) is 0 Å². The van der Waals surface area contributed by atoms with Gasteiger partial charge in [0.25, 0.3) is 0 Å². The van der Waals surface area contributed by atoms with Crippen molar-refractivity contribution in [2.75, 3.05) is 0 Å². The van der Waals surface area contributed by atoms with Crippen molar-refractivity contribution in [2.24, 2.45) is 0 Å². The number of hydrogen-bond donors (Lipinski definition) is 0. The topological polar surface area (TPSA) is 65.3 Å². The number of nitro groups is 1. The van der Waals surface area contributed by atoms with E-state index in [1.807, 2.05) is 0 Å². The van der Waals surface area contributed by atoms with Gasteiger partial charge in [0.15, 0.2) is 0 Å². The molecule has 0 saturated carbocycles. The second kappa shape index (κ2) is 6.07. The zero-order valence-electron chi connectivity index (χ0n) is 10.4. The van der Waals surface area contributed by atoms with Gasteiger partial charge in [0.1, 0.15) is 12.3 Å². The quantitative estimate of drug-likeness (QED) is 0.618. The summed E-state index contributed by atoms with van der Waals surface area (Å²) in [6, 6.07) is 8.05. The van der Waals surface area contributed by atoms with E-state index in [1.165, 1.54) is 12.3 Å². The maximum atomic E-state index is 10.9. The molecule has 104 valence electrons. The normalized spacial score (nSPS) is 11.9. The molecule has 0 saturated heterocycles. The van der Waals surface area contributed by atoms with Crippen molar-refractivity contribution in [3.8, 4) is 5.75 Å². The molecule has 0 radical (unpaired) electrons. The Morgan fingerprint density at radius 3 is 2.75 bits per heavy atom. The van der Waals surface area contributed by atoms with Crippen LogP contribution in [0.3, 0.4) is 0 Å². The molecule has 0 amide bonds. The second-order valence-corrected chi connectivity index (χ2v) is 4.85. The molecule has 0 aliphatic carbocycles. The molecule has 5 nitrogen and oxygen atoms in total. The van der Waals surface area contributed by atoms with Crippen LogP contribution in [0.5, 0.6) is 5.75 Å². The van der Waals surface area contributed by atoms with Crippen molar-refractivity contribution in [2.45, 2.75) is 13.0 Å². The van der Waals surface area contributed by atoms with Crippen molar-refractivity contribution in [1.29, 1.82) is 0 Å². The van der Waals surface area contributed by atoms with Gasteiger partial charge in [0.05, 0.1) is 0 Å². The van der Waals surface area contributed by atoms with E-state index in [0.717, 1.165) is 0 Å². The average Bonchev–Trinajstić information content (AvgIpc) is 2.38. The number of aromatic nitrogens is 1. The Kier molecular flexibility index (Phi) is 4.42. The summed E-state index contributed by atoms with van der Waals surface area (Å²) >= 11 is 11.9. The second-order valence-electron chi connectivity index (χ2n) is 4.01. The monoisotopic (exact) mass is 312 g/mol. The fourth-order valence-corrected chi connectivity index (χ4v) is 2.26. The van der Waals surface area contributed by atoms with Crippen LogP contribution in [0, 0.1) is 10.1 Å². The van der Waals surface area contributed by atoms with E-state index in [2.05, 4.69) is 4.98 Å². The largest absolute Gasteiger partial charge is 0.478 e. The molecule has 1 unspecified atom stereocenters. The maximum Gasteiger partial charge on any atom is 0.406 e. The third kappa shape index (κ3) is 3.18.